The lowest BCUT2D eigenvalue weighted by Crippen LogP contribution is -2.23. The average Bonchev–Trinajstić information content (AvgIpc) is 2.53. The molecule has 1 aromatic heterocycles. The summed E-state index contributed by atoms with van der Waals surface area (Å²) >= 11 is 1.17. The van der Waals surface area contributed by atoms with Gasteiger partial charge in [-0.2, -0.15) is 0 Å². The second kappa shape index (κ2) is 4.68. The third-order valence-corrected chi connectivity index (χ3v) is 4.34. The van der Waals surface area contributed by atoms with Gasteiger partial charge < -0.3 is 0 Å². The monoisotopic (exact) mass is 232 g/mol. The zero-order chi connectivity index (χ0) is 10.6. The number of rotatable bonds is 5. The van der Waals surface area contributed by atoms with Crippen molar-refractivity contribution in [3.05, 3.63) is 23.9 Å². The average molecular weight is 232 g/mol. The van der Waals surface area contributed by atoms with E-state index in [1.807, 2.05) is 0 Å². The molecule has 0 saturated carbocycles. The van der Waals surface area contributed by atoms with Gasteiger partial charge in [0.25, 0.3) is 10.0 Å². The fraction of sp³-hybridized carbons (Fsp3) is 0.375. The summed E-state index contributed by atoms with van der Waals surface area (Å²) in [7, 11) is -3.35. The fourth-order valence-electron chi connectivity index (χ4n) is 0.833. The van der Waals surface area contributed by atoms with E-state index in [1.54, 1.807) is 13.0 Å². The molecule has 0 aromatic carbocycles. The molecule has 0 amide bonds. The highest BCUT2D eigenvalue weighted by Crippen LogP contribution is 2.17. The van der Waals surface area contributed by atoms with Crippen molar-refractivity contribution in [3.63, 3.8) is 0 Å². The van der Waals surface area contributed by atoms with Crippen LogP contribution in [0.25, 0.3) is 0 Å². The highest BCUT2D eigenvalue weighted by Gasteiger charge is 2.15. The van der Waals surface area contributed by atoms with Crippen molar-refractivity contribution >= 4 is 21.4 Å². The molecule has 14 heavy (non-hydrogen) atoms. The van der Waals surface area contributed by atoms with Gasteiger partial charge in [0.15, 0.2) is 4.21 Å². The van der Waals surface area contributed by atoms with Crippen molar-refractivity contribution in [1.29, 1.82) is 0 Å². The van der Waals surface area contributed by atoms with Crippen molar-refractivity contribution in [2.75, 3.05) is 6.54 Å². The van der Waals surface area contributed by atoms with E-state index in [0.29, 0.717) is 13.0 Å². The Hall–Kier alpha value is -0.720. The summed E-state index contributed by atoms with van der Waals surface area (Å²) in [6.07, 6.45) is 3.66. The van der Waals surface area contributed by atoms with Crippen LogP contribution in [0.4, 0.5) is 0 Å². The first-order valence-corrected chi connectivity index (χ1v) is 6.39. The third kappa shape index (κ3) is 2.90. The number of nitrogens with zero attached hydrogens (tertiary/aromatic N) is 1. The zero-order valence-electron chi connectivity index (χ0n) is 7.86. The molecule has 0 unspecified atom stereocenters. The molecule has 0 bridgehead atoms. The number of aromatic nitrogens is 1. The Kier molecular flexibility index (Phi) is 3.79. The minimum atomic E-state index is -3.35. The number of hydrogen-bond donors (Lipinski definition) is 1. The van der Waals surface area contributed by atoms with Crippen LogP contribution in [-0.4, -0.2) is 19.9 Å². The van der Waals surface area contributed by atoms with Gasteiger partial charge in [-0.25, -0.2) is 18.1 Å². The molecule has 0 atom stereocenters. The van der Waals surface area contributed by atoms with Crippen LogP contribution in [0.1, 0.15) is 11.4 Å². The lowest BCUT2D eigenvalue weighted by molar-refractivity contribution is 0.584. The summed E-state index contributed by atoms with van der Waals surface area (Å²) in [4.78, 5) is 3.89. The van der Waals surface area contributed by atoms with Gasteiger partial charge in [0.2, 0.25) is 0 Å². The van der Waals surface area contributed by atoms with Crippen LogP contribution in [0.15, 0.2) is 23.1 Å². The van der Waals surface area contributed by atoms with Crippen molar-refractivity contribution in [3.8, 4) is 0 Å². The minimum absolute atomic E-state index is 0.263. The Morgan fingerprint density at radius 3 is 2.93 bits per heavy atom. The predicted octanol–water partition coefficient (Wildman–Crippen LogP) is 1.31. The third-order valence-electron chi connectivity index (χ3n) is 1.51. The van der Waals surface area contributed by atoms with Gasteiger partial charge >= 0.3 is 0 Å². The summed E-state index contributed by atoms with van der Waals surface area (Å²) in [5, 5.41) is 0.745. The van der Waals surface area contributed by atoms with Crippen LogP contribution in [-0.2, 0) is 10.0 Å². The van der Waals surface area contributed by atoms with Crippen LogP contribution >= 0.6 is 11.3 Å². The van der Waals surface area contributed by atoms with Gasteiger partial charge in [-0.3, -0.25) is 0 Å². The van der Waals surface area contributed by atoms with Crippen molar-refractivity contribution in [1.82, 2.24) is 9.71 Å². The Bertz CT molecular complexity index is 409. The Morgan fingerprint density at radius 2 is 2.43 bits per heavy atom. The van der Waals surface area contributed by atoms with Gasteiger partial charge in [-0.1, -0.05) is 6.08 Å². The summed E-state index contributed by atoms with van der Waals surface area (Å²) in [6.45, 7) is 5.66. The normalized spacial score (nSPS) is 11.5. The molecule has 1 aromatic rings. The van der Waals surface area contributed by atoms with Gasteiger partial charge in [0, 0.05) is 6.54 Å². The Labute approximate surface area is 87.7 Å². The maximum Gasteiger partial charge on any atom is 0.251 e. The molecule has 0 aliphatic rings. The zero-order valence-corrected chi connectivity index (χ0v) is 9.49. The molecular formula is C8H12N2O2S2. The maximum absolute atomic E-state index is 11.5. The molecule has 0 spiro atoms. The maximum atomic E-state index is 11.5. The standard InChI is InChI=1S/C8H12N2O2S2/c1-3-4-5-10-14(11,12)8-6-9-7(2)13-8/h3,6,10H,1,4-5H2,2H3. The number of aryl methyl sites for hydroxylation is 1. The molecule has 0 fully saturated rings. The molecule has 0 radical (unpaired) electrons. The minimum Gasteiger partial charge on any atom is -0.249 e. The van der Waals surface area contributed by atoms with Crippen molar-refractivity contribution < 1.29 is 8.42 Å². The summed E-state index contributed by atoms with van der Waals surface area (Å²) in [5.41, 5.74) is 0. The first kappa shape index (κ1) is 11.4. The van der Waals surface area contributed by atoms with E-state index in [4.69, 9.17) is 0 Å². The van der Waals surface area contributed by atoms with Crippen LogP contribution in [0, 0.1) is 6.92 Å². The Morgan fingerprint density at radius 1 is 1.71 bits per heavy atom. The summed E-state index contributed by atoms with van der Waals surface area (Å²) in [6, 6.07) is 0. The Balaban J connectivity index is 2.71. The van der Waals surface area contributed by atoms with Gasteiger partial charge in [0.1, 0.15) is 0 Å². The summed E-state index contributed by atoms with van der Waals surface area (Å²) < 4.78 is 25.8. The van der Waals surface area contributed by atoms with Gasteiger partial charge in [-0.15, -0.1) is 17.9 Å². The second-order valence-corrected chi connectivity index (χ2v) is 5.90. The number of hydrogen-bond acceptors (Lipinski definition) is 4. The molecule has 1 rings (SSSR count). The molecular weight excluding hydrogens is 220 g/mol. The van der Waals surface area contributed by atoms with E-state index in [1.165, 1.54) is 17.5 Å². The fourth-order valence-corrected chi connectivity index (χ4v) is 3.03. The smallest absolute Gasteiger partial charge is 0.249 e. The van der Waals surface area contributed by atoms with E-state index in [2.05, 4.69) is 16.3 Å². The molecule has 1 N–H and O–H groups in total. The molecule has 0 aliphatic carbocycles. The number of nitrogens with one attached hydrogen (secondary N) is 1. The van der Waals surface area contributed by atoms with Crippen LogP contribution in [0.2, 0.25) is 0 Å². The predicted molar refractivity (Wildman–Crippen MR) is 56.9 cm³/mol. The molecule has 1 heterocycles. The lowest BCUT2D eigenvalue weighted by Gasteiger charge is -2.00. The van der Waals surface area contributed by atoms with Crippen LogP contribution < -0.4 is 4.72 Å². The molecule has 4 nitrogen and oxygen atoms in total. The van der Waals surface area contributed by atoms with E-state index < -0.39 is 10.0 Å². The van der Waals surface area contributed by atoms with Crippen molar-refractivity contribution in [2.24, 2.45) is 0 Å². The molecule has 0 aliphatic heterocycles. The van der Waals surface area contributed by atoms with Gasteiger partial charge in [0.05, 0.1) is 11.2 Å². The SMILES string of the molecule is C=CCCNS(=O)(=O)c1cnc(C)s1. The second-order valence-electron chi connectivity index (χ2n) is 2.67. The van der Waals surface area contributed by atoms with Crippen LogP contribution in [0.3, 0.4) is 0 Å². The van der Waals surface area contributed by atoms with Gasteiger partial charge in [-0.05, 0) is 13.3 Å². The largest absolute Gasteiger partial charge is 0.251 e. The highest BCUT2D eigenvalue weighted by atomic mass is 32.2. The molecule has 0 saturated heterocycles. The first-order chi connectivity index (χ1) is 6.56. The van der Waals surface area contributed by atoms with E-state index >= 15 is 0 Å². The first-order valence-electron chi connectivity index (χ1n) is 4.09. The van der Waals surface area contributed by atoms with Crippen molar-refractivity contribution in [2.45, 2.75) is 17.6 Å². The van der Waals surface area contributed by atoms with E-state index in [-0.39, 0.29) is 4.21 Å². The lowest BCUT2D eigenvalue weighted by atomic mass is 10.4. The highest BCUT2D eigenvalue weighted by molar-refractivity contribution is 7.91. The quantitative estimate of drug-likeness (QED) is 0.615. The van der Waals surface area contributed by atoms with Crippen LogP contribution in [0.5, 0.6) is 0 Å². The van der Waals surface area contributed by atoms with E-state index in [0.717, 1.165) is 5.01 Å². The topological polar surface area (TPSA) is 59.1 Å². The number of sulfonamides is 1. The molecule has 78 valence electrons. The molecule has 6 heteroatoms. The summed E-state index contributed by atoms with van der Waals surface area (Å²) in [5.74, 6) is 0. The number of thiazole rings is 1. The van der Waals surface area contributed by atoms with E-state index in [9.17, 15) is 8.42 Å².